The average molecular weight is 523 g/mol. The molecule has 0 saturated heterocycles. The fourth-order valence-corrected chi connectivity index (χ4v) is 4.47. The van der Waals surface area contributed by atoms with E-state index in [-0.39, 0.29) is 70.6 Å². The van der Waals surface area contributed by atoms with E-state index in [1.54, 1.807) is 24.3 Å². The molecule has 10 nitrogen and oxygen atoms in total. The van der Waals surface area contributed by atoms with E-state index >= 15 is 0 Å². The van der Waals surface area contributed by atoms with Crippen LogP contribution in [0.4, 0.5) is 5.69 Å². The molecule has 1 aliphatic heterocycles. The van der Waals surface area contributed by atoms with Gasteiger partial charge in [-0.3, -0.25) is 13.9 Å². The molecule has 1 heterocycles. The molecule has 14 heteroatoms. The molecular weight excluding hydrogens is 508 g/mol. The van der Waals surface area contributed by atoms with Crippen LogP contribution in [0.1, 0.15) is 16.7 Å². The molecule has 0 bridgehead atoms. The van der Waals surface area contributed by atoms with Crippen molar-refractivity contribution in [2.24, 2.45) is 0 Å². The minimum absolute atomic E-state index is 0. The molecule has 0 aromatic heterocycles. The molecule has 0 aliphatic carbocycles. The van der Waals surface area contributed by atoms with Crippen molar-refractivity contribution in [3.8, 4) is 11.5 Å². The molecule has 0 saturated carbocycles. The standard InChI is InChI=1S/C20H15NO9S2.2Na/c22-19-20(17-3-1-2-4-18(17)21-19,13-5-9-15(10-6-13)29-31(23,24)25)14-7-11-16(12-8-14)30-32(26,27)28;;/h1-12H,(H,21,22)(H,23,24,25)(H,26,27,28);;. The van der Waals surface area contributed by atoms with Crippen LogP contribution in [0.3, 0.4) is 0 Å². The van der Waals surface area contributed by atoms with Gasteiger partial charge >= 0.3 is 20.8 Å². The molecule has 0 fully saturated rings. The number of hydrogen-bond acceptors (Lipinski definition) is 7. The zero-order valence-corrected chi connectivity index (χ0v) is 23.6. The van der Waals surface area contributed by atoms with E-state index in [0.29, 0.717) is 22.4 Å². The van der Waals surface area contributed by atoms with Crippen LogP contribution in [-0.2, 0) is 31.0 Å². The maximum atomic E-state index is 13.3. The molecule has 34 heavy (non-hydrogen) atoms. The Balaban J connectivity index is 0.00000204. The van der Waals surface area contributed by atoms with Gasteiger partial charge in [0.2, 0.25) is 5.91 Å². The Hall–Kier alpha value is -1.45. The van der Waals surface area contributed by atoms with E-state index in [1.807, 2.05) is 0 Å². The van der Waals surface area contributed by atoms with E-state index in [9.17, 15) is 21.6 Å². The van der Waals surface area contributed by atoms with Gasteiger partial charge in [-0.25, -0.2) is 0 Å². The number of carbonyl (C=O) groups excluding carboxylic acids is 1. The summed E-state index contributed by atoms with van der Waals surface area (Å²) in [4.78, 5) is 13.3. The number of rotatable bonds is 6. The van der Waals surface area contributed by atoms with Crippen molar-refractivity contribution < 1.29 is 39.1 Å². The van der Waals surface area contributed by atoms with Gasteiger partial charge in [0, 0.05) is 70.4 Å². The summed E-state index contributed by atoms with van der Waals surface area (Å²) >= 11 is 0. The van der Waals surface area contributed by atoms with Gasteiger partial charge in [-0.1, -0.05) is 42.5 Å². The number of carbonyl (C=O) groups is 1. The van der Waals surface area contributed by atoms with Gasteiger partial charge in [0.25, 0.3) is 0 Å². The number of nitrogens with one attached hydrogen (secondary N) is 1. The molecule has 3 N–H and O–H groups in total. The summed E-state index contributed by atoms with van der Waals surface area (Å²) in [5.41, 5.74) is 0.701. The molecule has 168 valence electrons. The Kier molecular flexibility index (Phi) is 9.03. The van der Waals surface area contributed by atoms with E-state index in [1.165, 1.54) is 48.5 Å². The third-order valence-electron chi connectivity index (χ3n) is 4.90. The Morgan fingerprint density at radius 3 is 1.50 bits per heavy atom. The van der Waals surface area contributed by atoms with Crippen molar-refractivity contribution in [1.29, 1.82) is 0 Å². The summed E-state index contributed by atoms with van der Waals surface area (Å²) < 4.78 is 70.5. The third-order valence-corrected chi connectivity index (χ3v) is 5.70. The molecule has 0 unspecified atom stereocenters. The smallest absolute Gasteiger partial charge is 0.362 e. The van der Waals surface area contributed by atoms with E-state index in [0.717, 1.165) is 0 Å². The second-order valence-electron chi connectivity index (χ2n) is 6.82. The summed E-state index contributed by atoms with van der Waals surface area (Å²) in [7, 11) is -9.44. The summed E-state index contributed by atoms with van der Waals surface area (Å²) in [5, 5.41) is 2.82. The van der Waals surface area contributed by atoms with Gasteiger partial charge in [0.15, 0.2) is 0 Å². The molecule has 0 spiro atoms. The van der Waals surface area contributed by atoms with Gasteiger partial charge in [-0.15, -0.1) is 0 Å². The molecule has 0 atom stereocenters. The van der Waals surface area contributed by atoms with Gasteiger partial charge in [0.05, 0.1) is 0 Å². The first kappa shape index (κ1) is 28.8. The summed E-state index contributed by atoms with van der Waals surface area (Å²) in [6.45, 7) is 0. The fraction of sp³-hybridized carbons (Fsp3) is 0.0500. The van der Waals surface area contributed by atoms with Crippen molar-refractivity contribution in [2.45, 2.75) is 5.41 Å². The van der Waals surface area contributed by atoms with Crippen LogP contribution in [-0.4, -0.2) is 91.0 Å². The maximum absolute atomic E-state index is 13.3. The first-order chi connectivity index (χ1) is 15.0. The molecule has 4 rings (SSSR count). The zero-order chi connectivity index (χ0) is 23.1. The van der Waals surface area contributed by atoms with Crippen molar-refractivity contribution in [1.82, 2.24) is 0 Å². The Morgan fingerprint density at radius 1 is 0.676 bits per heavy atom. The van der Waals surface area contributed by atoms with Crippen molar-refractivity contribution in [3.05, 3.63) is 89.5 Å². The molecule has 3 aromatic rings. The number of benzene rings is 3. The molecule has 1 aliphatic rings. The van der Waals surface area contributed by atoms with Crippen LogP contribution in [0, 0.1) is 0 Å². The second-order valence-corrected chi connectivity index (χ2v) is 8.86. The normalized spacial score (nSPS) is 14.1. The number of amides is 1. The predicted molar refractivity (Wildman–Crippen MR) is 124 cm³/mol. The minimum Gasteiger partial charge on any atom is -0.362 e. The second kappa shape index (κ2) is 10.7. The van der Waals surface area contributed by atoms with Gasteiger partial charge in [0.1, 0.15) is 16.9 Å². The van der Waals surface area contributed by atoms with Gasteiger partial charge < -0.3 is 13.7 Å². The monoisotopic (exact) mass is 523 g/mol. The predicted octanol–water partition coefficient (Wildman–Crippen LogP) is 1.57. The Labute approximate surface area is 240 Å². The first-order valence-electron chi connectivity index (χ1n) is 8.95. The molecule has 3 aromatic carbocycles. The number of anilines is 1. The number of para-hydroxylation sites is 1. The Morgan fingerprint density at radius 2 is 1.09 bits per heavy atom. The quantitative estimate of drug-likeness (QED) is 0.322. The van der Waals surface area contributed by atoms with Gasteiger partial charge in [-0.05, 0) is 41.5 Å². The van der Waals surface area contributed by atoms with Crippen LogP contribution < -0.4 is 13.7 Å². The van der Waals surface area contributed by atoms with Crippen molar-refractivity contribution >= 4 is 91.5 Å². The van der Waals surface area contributed by atoms with Crippen LogP contribution >= 0.6 is 0 Å². The number of fused-ring (bicyclic) bond motifs is 1. The summed E-state index contributed by atoms with van der Waals surface area (Å²) in [6, 6.07) is 18.0. The van der Waals surface area contributed by atoms with Crippen molar-refractivity contribution in [2.75, 3.05) is 5.32 Å². The van der Waals surface area contributed by atoms with E-state index in [2.05, 4.69) is 13.7 Å². The Bertz CT molecular complexity index is 1330. The van der Waals surface area contributed by atoms with Crippen LogP contribution in [0.15, 0.2) is 72.8 Å². The number of hydrogen-bond donors (Lipinski definition) is 3. The zero-order valence-electron chi connectivity index (χ0n) is 18.0. The largest absolute Gasteiger partial charge is 0.446 e. The molecule has 2 radical (unpaired) electrons. The third kappa shape index (κ3) is 5.85. The summed E-state index contributed by atoms with van der Waals surface area (Å²) in [6.07, 6.45) is 0. The molecule has 1 amide bonds. The topological polar surface area (TPSA) is 156 Å². The first-order valence-corrected chi connectivity index (χ1v) is 11.7. The summed E-state index contributed by atoms with van der Waals surface area (Å²) in [5.74, 6) is -0.712. The molecular formula is C20H15NNa2O9S2. The van der Waals surface area contributed by atoms with E-state index < -0.39 is 32.1 Å². The van der Waals surface area contributed by atoms with Crippen LogP contribution in [0.5, 0.6) is 11.5 Å². The minimum atomic E-state index is -4.72. The van der Waals surface area contributed by atoms with E-state index in [4.69, 9.17) is 9.11 Å². The van der Waals surface area contributed by atoms with Crippen LogP contribution in [0.25, 0.3) is 0 Å². The SMILES string of the molecule is O=C1Nc2ccccc2C1(c1ccc(OS(=O)(=O)O)cc1)c1ccc(OS(=O)(=O)O)cc1.[Na].[Na]. The fourth-order valence-electron chi connectivity index (χ4n) is 3.76. The van der Waals surface area contributed by atoms with Crippen molar-refractivity contribution in [3.63, 3.8) is 0 Å². The average Bonchev–Trinajstić information content (AvgIpc) is 2.99. The van der Waals surface area contributed by atoms with Crippen LogP contribution in [0.2, 0.25) is 0 Å². The maximum Gasteiger partial charge on any atom is 0.446 e. The van der Waals surface area contributed by atoms with Gasteiger partial charge in [-0.2, -0.15) is 16.8 Å².